The van der Waals surface area contributed by atoms with E-state index in [0.717, 1.165) is 17.1 Å². The van der Waals surface area contributed by atoms with Gasteiger partial charge in [0.05, 0.1) is 5.69 Å². The highest BCUT2D eigenvalue weighted by Gasteiger charge is 2.19. The lowest BCUT2D eigenvalue weighted by Gasteiger charge is -2.16. The number of amides is 1. The number of aryl methyl sites for hydroxylation is 1. The maximum Gasteiger partial charge on any atom is 0.274 e. The number of carbonyl (C=O) groups is 1. The molecule has 0 bridgehead atoms. The lowest BCUT2D eigenvalue weighted by Crippen LogP contribution is -2.30. The normalized spacial score (nSPS) is 10.9. The summed E-state index contributed by atoms with van der Waals surface area (Å²) in [5.41, 5.74) is 2.69. The minimum Gasteiger partial charge on any atom is -0.338 e. The molecule has 9 heteroatoms. The van der Waals surface area contributed by atoms with Crippen LogP contribution in [0.4, 0.5) is 10.8 Å². The molecule has 0 aliphatic rings. The van der Waals surface area contributed by atoms with E-state index in [0.29, 0.717) is 34.0 Å². The van der Waals surface area contributed by atoms with E-state index in [1.54, 1.807) is 40.9 Å². The molecule has 1 N–H and O–H groups in total. The monoisotopic (exact) mass is 423 g/mol. The Balaban J connectivity index is 1.83. The van der Waals surface area contributed by atoms with E-state index in [4.69, 9.17) is 23.2 Å². The van der Waals surface area contributed by atoms with Crippen molar-refractivity contribution in [3.63, 3.8) is 0 Å². The molecule has 3 aromatic rings. The van der Waals surface area contributed by atoms with Gasteiger partial charge in [-0.25, -0.2) is 4.98 Å². The van der Waals surface area contributed by atoms with Gasteiger partial charge in [-0.2, -0.15) is 5.10 Å². The molecule has 0 fully saturated rings. The minimum absolute atomic E-state index is 0.0796. The standard InChI is InChI=1S/C18H19Cl2N5OS/c1-4-25(5-2)17(26)14-9-16(24(3)23-14)15-10-27-18(22-15)21-13-7-11(19)6-12(20)8-13/h6-10H,4-5H2,1-3H3,(H,21,22). The Kier molecular flexibility index (Phi) is 6.04. The van der Waals surface area contributed by atoms with Crippen LogP contribution in [0.25, 0.3) is 11.4 Å². The van der Waals surface area contributed by atoms with Crippen molar-refractivity contribution in [2.75, 3.05) is 18.4 Å². The molecule has 0 unspecified atom stereocenters. The van der Waals surface area contributed by atoms with Crippen LogP contribution < -0.4 is 5.32 Å². The van der Waals surface area contributed by atoms with E-state index in [9.17, 15) is 4.79 Å². The van der Waals surface area contributed by atoms with Crippen LogP contribution in [0.1, 0.15) is 24.3 Å². The number of rotatable bonds is 6. The van der Waals surface area contributed by atoms with Crippen LogP contribution in [0.3, 0.4) is 0 Å². The van der Waals surface area contributed by atoms with Crippen LogP contribution in [0.5, 0.6) is 0 Å². The highest BCUT2D eigenvalue weighted by molar-refractivity contribution is 7.14. The summed E-state index contributed by atoms with van der Waals surface area (Å²) in [6.07, 6.45) is 0. The lowest BCUT2D eigenvalue weighted by molar-refractivity contribution is 0.0766. The van der Waals surface area contributed by atoms with E-state index in [1.807, 2.05) is 19.2 Å². The molecule has 3 rings (SSSR count). The summed E-state index contributed by atoms with van der Waals surface area (Å²) >= 11 is 13.5. The van der Waals surface area contributed by atoms with Gasteiger partial charge in [0, 0.05) is 41.2 Å². The largest absolute Gasteiger partial charge is 0.338 e. The molecule has 0 saturated carbocycles. The van der Waals surface area contributed by atoms with Crippen molar-refractivity contribution in [2.45, 2.75) is 13.8 Å². The molecule has 1 aromatic carbocycles. The first-order valence-electron chi connectivity index (χ1n) is 8.43. The molecule has 2 aromatic heterocycles. The number of anilines is 2. The predicted molar refractivity (Wildman–Crippen MR) is 111 cm³/mol. The topological polar surface area (TPSA) is 63.1 Å². The van der Waals surface area contributed by atoms with Crippen molar-refractivity contribution in [1.82, 2.24) is 19.7 Å². The molecule has 142 valence electrons. The third kappa shape index (κ3) is 4.43. The highest BCUT2D eigenvalue weighted by atomic mass is 35.5. The number of nitrogens with one attached hydrogen (secondary N) is 1. The number of nitrogens with zero attached hydrogens (tertiary/aromatic N) is 4. The maximum absolute atomic E-state index is 12.5. The fourth-order valence-electron chi connectivity index (χ4n) is 2.68. The van der Waals surface area contributed by atoms with Gasteiger partial charge in [-0.15, -0.1) is 11.3 Å². The first-order valence-corrected chi connectivity index (χ1v) is 10.1. The summed E-state index contributed by atoms with van der Waals surface area (Å²) < 4.78 is 1.67. The Labute approximate surface area is 171 Å². The zero-order valence-electron chi connectivity index (χ0n) is 15.2. The SMILES string of the molecule is CCN(CC)C(=O)c1cc(-c2csc(Nc3cc(Cl)cc(Cl)c3)n2)n(C)n1. The molecule has 0 aliphatic heterocycles. The van der Waals surface area contributed by atoms with Crippen molar-refractivity contribution in [3.8, 4) is 11.4 Å². The molecule has 0 radical (unpaired) electrons. The van der Waals surface area contributed by atoms with Crippen LogP contribution in [0.15, 0.2) is 29.6 Å². The number of halogens is 2. The second-order valence-electron chi connectivity index (χ2n) is 5.84. The van der Waals surface area contributed by atoms with Crippen molar-refractivity contribution in [2.24, 2.45) is 7.05 Å². The zero-order valence-corrected chi connectivity index (χ0v) is 17.5. The second-order valence-corrected chi connectivity index (χ2v) is 7.57. The zero-order chi connectivity index (χ0) is 19.6. The molecule has 2 heterocycles. The number of carbonyl (C=O) groups excluding carboxylic acids is 1. The Hall–Kier alpha value is -2.09. The van der Waals surface area contributed by atoms with Crippen LogP contribution in [-0.4, -0.2) is 38.7 Å². The number of thiazole rings is 1. The summed E-state index contributed by atoms with van der Waals surface area (Å²) in [5, 5.41) is 11.3. The molecule has 1 amide bonds. The average molecular weight is 424 g/mol. The highest BCUT2D eigenvalue weighted by Crippen LogP contribution is 2.30. The lowest BCUT2D eigenvalue weighted by atomic mass is 10.3. The van der Waals surface area contributed by atoms with Gasteiger partial charge in [-0.05, 0) is 38.1 Å². The van der Waals surface area contributed by atoms with Gasteiger partial charge in [0.25, 0.3) is 5.91 Å². The molecule has 0 aliphatic carbocycles. The minimum atomic E-state index is -0.0796. The van der Waals surface area contributed by atoms with Crippen LogP contribution in [0, 0.1) is 0 Å². The molecule has 0 atom stereocenters. The van der Waals surface area contributed by atoms with Gasteiger partial charge < -0.3 is 10.2 Å². The second kappa shape index (κ2) is 8.29. The van der Waals surface area contributed by atoms with Gasteiger partial charge >= 0.3 is 0 Å². The third-order valence-electron chi connectivity index (χ3n) is 4.03. The Bertz CT molecular complexity index is 944. The van der Waals surface area contributed by atoms with Crippen molar-refractivity contribution in [3.05, 3.63) is 45.4 Å². The van der Waals surface area contributed by atoms with Crippen LogP contribution >= 0.6 is 34.5 Å². The van der Waals surface area contributed by atoms with Crippen LogP contribution in [-0.2, 0) is 7.05 Å². The summed E-state index contributed by atoms with van der Waals surface area (Å²) in [5.74, 6) is -0.0796. The molecular weight excluding hydrogens is 405 g/mol. The van der Waals surface area contributed by atoms with Crippen LogP contribution in [0.2, 0.25) is 10.0 Å². The number of hydrogen-bond donors (Lipinski definition) is 1. The third-order valence-corrected chi connectivity index (χ3v) is 5.22. The van der Waals surface area contributed by atoms with E-state index < -0.39 is 0 Å². The van der Waals surface area contributed by atoms with Crippen molar-refractivity contribution < 1.29 is 4.79 Å². The van der Waals surface area contributed by atoms with Gasteiger partial charge in [-0.1, -0.05) is 23.2 Å². The maximum atomic E-state index is 12.5. The Morgan fingerprint density at radius 1 is 1.19 bits per heavy atom. The number of aromatic nitrogens is 3. The summed E-state index contributed by atoms with van der Waals surface area (Å²) in [4.78, 5) is 18.8. The fourth-order valence-corrected chi connectivity index (χ4v) is 3.93. The smallest absolute Gasteiger partial charge is 0.274 e. The van der Waals surface area contributed by atoms with Gasteiger partial charge in [0.1, 0.15) is 5.69 Å². The summed E-state index contributed by atoms with van der Waals surface area (Å²) in [6, 6.07) is 7.00. The molecular formula is C18H19Cl2N5OS. The van der Waals surface area contributed by atoms with Gasteiger partial charge in [0.15, 0.2) is 10.8 Å². The summed E-state index contributed by atoms with van der Waals surface area (Å²) in [7, 11) is 1.80. The molecule has 0 saturated heterocycles. The fraction of sp³-hybridized carbons (Fsp3) is 0.278. The van der Waals surface area contributed by atoms with Crippen molar-refractivity contribution in [1.29, 1.82) is 0 Å². The number of hydrogen-bond acceptors (Lipinski definition) is 5. The van der Waals surface area contributed by atoms with Crippen molar-refractivity contribution >= 4 is 51.3 Å². The number of benzene rings is 1. The summed E-state index contributed by atoms with van der Waals surface area (Å²) in [6.45, 7) is 5.19. The Morgan fingerprint density at radius 3 is 2.48 bits per heavy atom. The predicted octanol–water partition coefficient (Wildman–Crippen LogP) is 5.08. The van der Waals surface area contributed by atoms with E-state index in [-0.39, 0.29) is 5.91 Å². The van der Waals surface area contributed by atoms with E-state index in [2.05, 4.69) is 15.4 Å². The molecule has 27 heavy (non-hydrogen) atoms. The van der Waals surface area contributed by atoms with E-state index in [1.165, 1.54) is 11.3 Å². The first kappa shape index (κ1) is 19.7. The molecule has 6 nitrogen and oxygen atoms in total. The van der Waals surface area contributed by atoms with E-state index >= 15 is 0 Å². The van der Waals surface area contributed by atoms with Gasteiger partial charge in [-0.3, -0.25) is 9.48 Å². The first-order chi connectivity index (χ1) is 12.9. The van der Waals surface area contributed by atoms with Gasteiger partial charge in [0.2, 0.25) is 0 Å². The quantitative estimate of drug-likeness (QED) is 0.600. The molecule has 0 spiro atoms. The average Bonchev–Trinajstić information content (AvgIpc) is 3.21. The Morgan fingerprint density at radius 2 is 1.85 bits per heavy atom.